The van der Waals surface area contributed by atoms with Crippen molar-refractivity contribution in [3.8, 4) is 0 Å². The van der Waals surface area contributed by atoms with Crippen LogP contribution >= 0.6 is 0 Å². The van der Waals surface area contributed by atoms with Crippen molar-refractivity contribution in [1.29, 1.82) is 0 Å². The number of aliphatic hydroxyl groups is 2. The van der Waals surface area contributed by atoms with E-state index in [0.29, 0.717) is 6.42 Å². The molecule has 11 heavy (non-hydrogen) atoms. The lowest BCUT2D eigenvalue weighted by molar-refractivity contribution is -0.470. The summed E-state index contributed by atoms with van der Waals surface area (Å²) < 4.78 is 0. The van der Waals surface area contributed by atoms with Crippen LogP contribution in [0.15, 0.2) is 4.99 Å². The van der Waals surface area contributed by atoms with Crippen LogP contribution in [0.2, 0.25) is 0 Å². The molecule has 0 unspecified atom stereocenters. The Labute approximate surface area is 63.9 Å². The molecular formula is C5H12N2O4. The molecule has 0 spiro atoms. The molecule has 0 aromatic carbocycles. The molecule has 0 saturated carbocycles. The van der Waals surface area contributed by atoms with Gasteiger partial charge in [-0.1, -0.05) is 6.92 Å². The zero-order chi connectivity index (χ0) is 8.91. The van der Waals surface area contributed by atoms with Gasteiger partial charge in [0.05, 0.1) is 0 Å². The average Bonchev–Trinajstić information content (AvgIpc) is 1.88. The Bertz CT molecular complexity index is 134. The van der Waals surface area contributed by atoms with E-state index >= 15 is 0 Å². The Kier molecular flexibility index (Phi) is 4.16. The molecule has 6 nitrogen and oxygen atoms in total. The van der Waals surface area contributed by atoms with Crippen LogP contribution in [-0.4, -0.2) is 44.5 Å². The van der Waals surface area contributed by atoms with Crippen molar-refractivity contribution in [2.75, 3.05) is 6.54 Å². The van der Waals surface area contributed by atoms with Gasteiger partial charge in [0.15, 0.2) is 0 Å². The molecule has 0 aliphatic rings. The fourth-order valence-electron chi connectivity index (χ4n) is 0.379. The van der Waals surface area contributed by atoms with E-state index < -0.39 is 17.7 Å². The molecule has 4 N–H and O–H groups in total. The molecule has 0 fully saturated rings. The van der Waals surface area contributed by atoms with Crippen LogP contribution in [0.3, 0.4) is 0 Å². The summed E-state index contributed by atoms with van der Waals surface area (Å²) in [6.45, 7) is 1.31. The highest BCUT2D eigenvalue weighted by Gasteiger charge is 2.29. The van der Waals surface area contributed by atoms with Crippen LogP contribution in [0.25, 0.3) is 0 Å². The summed E-state index contributed by atoms with van der Waals surface area (Å²) in [5, 5.41) is 33.1. The van der Waals surface area contributed by atoms with Crippen molar-refractivity contribution in [1.82, 2.24) is 5.23 Å². The smallest absolute Gasteiger partial charge is 0.292 e. The van der Waals surface area contributed by atoms with Gasteiger partial charge >= 0.3 is 0 Å². The van der Waals surface area contributed by atoms with E-state index in [2.05, 4.69) is 4.99 Å². The second-order valence-corrected chi connectivity index (χ2v) is 2.00. The maximum Gasteiger partial charge on any atom is 0.292 e. The summed E-state index contributed by atoms with van der Waals surface area (Å²) in [4.78, 5) is 3.50. The molecule has 0 heterocycles. The average molecular weight is 164 g/mol. The zero-order valence-corrected chi connectivity index (χ0v) is 6.17. The molecule has 0 aromatic rings. The van der Waals surface area contributed by atoms with Crippen molar-refractivity contribution in [3.05, 3.63) is 0 Å². The number of rotatable bonds is 4. The summed E-state index contributed by atoms with van der Waals surface area (Å²) in [6.07, 6.45) is 2.08. The lowest BCUT2D eigenvalue weighted by atomic mass is 10.5. The molecule has 6 heteroatoms. The highest BCUT2D eigenvalue weighted by atomic mass is 16.8. The number of hydroxylamine groups is 2. The maximum atomic E-state index is 8.69. The van der Waals surface area contributed by atoms with Crippen molar-refractivity contribution in [2.45, 2.75) is 19.3 Å². The van der Waals surface area contributed by atoms with E-state index in [9.17, 15) is 0 Å². The SMILES string of the molecule is CCC=NCC(O)(O)N(O)O. The van der Waals surface area contributed by atoms with Crippen LogP contribution < -0.4 is 0 Å². The van der Waals surface area contributed by atoms with Gasteiger partial charge in [0.1, 0.15) is 6.54 Å². The number of hydrogen-bond acceptors (Lipinski definition) is 6. The quantitative estimate of drug-likeness (QED) is 0.247. The zero-order valence-electron chi connectivity index (χ0n) is 6.17. The summed E-state index contributed by atoms with van der Waals surface area (Å²) in [6, 6.07) is 0. The number of hydrogen-bond donors (Lipinski definition) is 4. The highest BCUT2D eigenvalue weighted by Crippen LogP contribution is 2.01. The van der Waals surface area contributed by atoms with Crippen LogP contribution in [0, 0.1) is 0 Å². The molecule has 66 valence electrons. The van der Waals surface area contributed by atoms with E-state index in [-0.39, 0.29) is 0 Å². The summed E-state index contributed by atoms with van der Waals surface area (Å²) in [5.74, 6) is -2.70. The monoisotopic (exact) mass is 164 g/mol. The Morgan fingerprint density at radius 3 is 2.36 bits per heavy atom. The first-order valence-corrected chi connectivity index (χ1v) is 3.11. The molecule has 0 aliphatic heterocycles. The van der Waals surface area contributed by atoms with Crippen molar-refractivity contribution >= 4 is 6.21 Å². The molecule has 0 atom stereocenters. The van der Waals surface area contributed by atoms with E-state index in [1.807, 2.05) is 6.92 Å². The van der Waals surface area contributed by atoms with Gasteiger partial charge in [0.25, 0.3) is 5.91 Å². The van der Waals surface area contributed by atoms with Crippen LogP contribution in [0.5, 0.6) is 0 Å². The predicted octanol–water partition coefficient (Wildman–Crippen LogP) is -0.814. The van der Waals surface area contributed by atoms with Gasteiger partial charge < -0.3 is 10.2 Å². The Hall–Kier alpha value is -0.530. The van der Waals surface area contributed by atoms with E-state index in [1.165, 1.54) is 6.21 Å². The largest absolute Gasteiger partial charge is 0.349 e. The molecule has 0 saturated heterocycles. The predicted molar refractivity (Wildman–Crippen MR) is 36.2 cm³/mol. The molecular weight excluding hydrogens is 152 g/mol. The Morgan fingerprint density at radius 2 is 2.00 bits per heavy atom. The summed E-state index contributed by atoms with van der Waals surface area (Å²) in [5.41, 5.74) is 0. The summed E-state index contributed by atoms with van der Waals surface area (Å²) in [7, 11) is 0. The normalized spacial score (nSPS) is 13.3. The fourth-order valence-corrected chi connectivity index (χ4v) is 0.379. The van der Waals surface area contributed by atoms with Gasteiger partial charge in [-0.2, -0.15) is 0 Å². The second kappa shape index (κ2) is 4.37. The minimum Gasteiger partial charge on any atom is -0.349 e. The van der Waals surface area contributed by atoms with Gasteiger partial charge in [-0.15, -0.1) is 0 Å². The minimum atomic E-state index is -2.70. The third kappa shape index (κ3) is 4.02. The van der Waals surface area contributed by atoms with Crippen molar-refractivity contribution < 1.29 is 20.6 Å². The third-order valence-corrected chi connectivity index (χ3v) is 0.935. The van der Waals surface area contributed by atoms with E-state index in [4.69, 9.17) is 20.6 Å². The second-order valence-electron chi connectivity index (χ2n) is 2.00. The van der Waals surface area contributed by atoms with Crippen LogP contribution in [0.1, 0.15) is 13.3 Å². The van der Waals surface area contributed by atoms with Crippen LogP contribution in [-0.2, 0) is 0 Å². The standard InChI is InChI=1S/C5H12N2O4/c1-2-3-6-4-5(8,9)7(10)11/h3,8-11H,2,4H2,1H3. The molecule has 0 aliphatic carbocycles. The maximum absolute atomic E-state index is 8.69. The van der Waals surface area contributed by atoms with E-state index in [0.717, 1.165) is 0 Å². The fraction of sp³-hybridized carbons (Fsp3) is 0.800. The first-order valence-electron chi connectivity index (χ1n) is 3.11. The van der Waals surface area contributed by atoms with Crippen molar-refractivity contribution in [2.24, 2.45) is 4.99 Å². The summed E-state index contributed by atoms with van der Waals surface area (Å²) >= 11 is 0. The minimum absolute atomic E-state index is 0.506. The van der Waals surface area contributed by atoms with Crippen molar-refractivity contribution in [3.63, 3.8) is 0 Å². The van der Waals surface area contributed by atoms with Gasteiger partial charge in [-0.05, 0) is 17.9 Å². The first-order chi connectivity index (χ1) is 5.00. The number of nitrogens with zero attached hydrogens (tertiary/aromatic N) is 2. The van der Waals surface area contributed by atoms with E-state index in [1.54, 1.807) is 0 Å². The van der Waals surface area contributed by atoms with Gasteiger partial charge in [-0.3, -0.25) is 15.4 Å². The van der Waals surface area contributed by atoms with Crippen LogP contribution in [0.4, 0.5) is 0 Å². The van der Waals surface area contributed by atoms with Gasteiger partial charge in [0, 0.05) is 0 Å². The third-order valence-electron chi connectivity index (χ3n) is 0.935. The van der Waals surface area contributed by atoms with Gasteiger partial charge in [-0.25, -0.2) is 0 Å². The molecule has 0 amide bonds. The highest BCUT2D eigenvalue weighted by molar-refractivity contribution is 5.56. The number of aliphatic imine (C=N–C) groups is 1. The molecule has 0 bridgehead atoms. The topological polar surface area (TPSA) is 96.5 Å². The molecule has 0 radical (unpaired) electrons. The Morgan fingerprint density at radius 1 is 1.45 bits per heavy atom. The lowest BCUT2D eigenvalue weighted by Crippen LogP contribution is -2.47. The first kappa shape index (κ1) is 10.5. The molecule has 0 aromatic heterocycles. The van der Waals surface area contributed by atoms with Gasteiger partial charge in [0.2, 0.25) is 0 Å². The Balaban J connectivity index is 3.82. The molecule has 0 rings (SSSR count). The lowest BCUT2D eigenvalue weighted by Gasteiger charge is -2.21.